The molecule has 1 aliphatic rings. The van der Waals surface area contributed by atoms with Crippen LogP contribution in [0.3, 0.4) is 0 Å². The molecule has 1 rings (SSSR count). The van der Waals surface area contributed by atoms with Crippen LogP contribution in [0.5, 0.6) is 0 Å². The molecule has 0 aliphatic carbocycles. The number of rotatable bonds is 3. The fourth-order valence-corrected chi connectivity index (χ4v) is 2.91. The van der Waals surface area contributed by atoms with Crippen LogP contribution in [-0.4, -0.2) is 51.5 Å². The number of esters is 1. The predicted molar refractivity (Wildman–Crippen MR) is 91.6 cm³/mol. The molecule has 0 radical (unpaired) electrons. The van der Waals surface area contributed by atoms with Gasteiger partial charge in [0.2, 0.25) is 0 Å². The van der Waals surface area contributed by atoms with Crippen LogP contribution in [0.1, 0.15) is 74.1 Å². The van der Waals surface area contributed by atoms with Gasteiger partial charge in [0.1, 0.15) is 17.2 Å². The lowest BCUT2D eigenvalue weighted by Gasteiger charge is -2.43. The third-order valence-electron chi connectivity index (χ3n) is 3.67. The Labute approximate surface area is 145 Å². The second-order valence-corrected chi connectivity index (χ2v) is 8.50. The van der Waals surface area contributed by atoms with E-state index in [1.165, 1.54) is 4.90 Å². The average molecular weight is 343 g/mol. The number of hydrogen-bond donors (Lipinski definition) is 1. The van der Waals surface area contributed by atoms with Gasteiger partial charge in [-0.2, -0.15) is 0 Å². The molecular formula is C18H33NO5. The molecule has 0 aromatic carbocycles. The minimum atomic E-state index is -0.820. The van der Waals surface area contributed by atoms with Crippen molar-refractivity contribution in [1.29, 1.82) is 0 Å². The zero-order valence-electron chi connectivity index (χ0n) is 16.1. The third kappa shape index (κ3) is 6.30. The lowest BCUT2D eigenvalue weighted by atomic mass is 9.91. The van der Waals surface area contributed by atoms with Gasteiger partial charge in [-0.1, -0.05) is 13.3 Å². The van der Waals surface area contributed by atoms with Crippen molar-refractivity contribution in [3.05, 3.63) is 0 Å². The van der Waals surface area contributed by atoms with Crippen molar-refractivity contribution in [2.24, 2.45) is 0 Å². The number of piperidine rings is 1. The van der Waals surface area contributed by atoms with Crippen LogP contribution in [0.4, 0.5) is 4.79 Å². The lowest BCUT2D eigenvalue weighted by Crippen LogP contribution is -2.58. The topological polar surface area (TPSA) is 76.1 Å². The highest BCUT2D eigenvalue weighted by Gasteiger charge is 2.44. The molecule has 0 unspecified atom stereocenters. The smallest absolute Gasteiger partial charge is 0.411 e. The normalized spacial score (nSPS) is 25.3. The summed E-state index contributed by atoms with van der Waals surface area (Å²) in [6, 6.07) is -1.05. The monoisotopic (exact) mass is 343 g/mol. The Kier molecular flexibility index (Phi) is 6.67. The Morgan fingerprint density at radius 3 is 2.04 bits per heavy atom. The van der Waals surface area contributed by atoms with Gasteiger partial charge in [-0.3, -0.25) is 4.90 Å². The molecule has 0 saturated carbocycles. The van der Waals surface area contributed by atoms with Gasteiger partial charge in [0.25, 0.3) is 0 Å². The summed E-state index contributed by atoms with van der Waals surface area (Å²) >= 11 is 0. The molecule has 0 bridgehead atoms. The summed E-state index contributed by atoms with van der Waals surface area (Å²) in [5, 5.41) is 10.2. The van der Waals surface area contributed by atoms with Crippen molar-refractivity contribution >= 4 is 12.1 Å². The first-order valence-electron chi connectivity index (χ1n) is 8.76. The number of amides is 1. The zero-order valence-corrected chi connectivity index (χ0v) is 16.1. The predicted octanol–water partition coefficient (Wildman–Crippen LogP) is 3.26. The van der Waals surface area contributed by atoms with Crippen molar-refractivity contribution < 1.29 is 24.2 Å². The average Bonchev–Trinajstić information content (AvgIpc) is 2.33. The van der Waals surface area contributed by atoms with E-state index >= 15 is 0 Å². The number of ether oxygens (including phenoxy) is 2. The highest BCUT2D eigenvalue weighted by atomic mass is 16.6. The van der Waals surface area contributed by atoms with Crippen LogP contribution in [-0.2, 0) is 14.3 Å². The van der Waals surface area contributed by atoms with Gasteiger partial charge in [0.05, 0.1) is 6.10 Å². The summed E-state index contributed by atoms with van der Waals surface area (Å²) in [5.41, 5.74) is -1.30. The summed E-state index contributed by atoms with van der Waals surface area (Å²) in [4.78, 5) is 26.8. The molecule has 1 fully saturated rings. The maximum atomic E-state index is 12.7. The second-order valence-electron chi connectivity index (χ2n) is 8.50. The van der Waals surface area contributed by atoms with Crippen LogP contribution in [0.15, 0.2) is 0 Å². The fourth-order valence-electron chi connectivity index (χ4n) is 2.91. The van der Waals surface area contributed by atoms with Crippen LogP contribution in [0.2, 0.25) is 0 Å². The largest absolute Gasteiger partial charge is 0.458 e. The highest BCUT2D eigenvalue weighted by Crippen LogP contribution is 2.30. The van der Waals surface area contributed by atoms with Gasteiger partial charge in [0.15, 0.2) is 0 Å². The molecule has 1 heterocycles. The van der Waals surface area contributed by atoms with Crippen LogP contribution in [0, 0.1) is 0 Å². The number of nitrogens with zero attached hydrogens (tertiary/aromatic N) is 1. The first-order valence-corrected chi connectivity index (χ1v) is 8.76. The van der Waals surface area contributed by atoms with E-state index in [0.717, 1.165) is 6.42 Å². The molecule has 1 amide bonds. The molecule has 6 heteroatoms. The summed E-state index contributed by atoms with van der Waals surface area (Å²) in [5.74, 6) is -0.492. The molecular weight excluding hydrogens is 310 g/mol. The molecule has 0 aromatic rings. The van der Waals surface area contributed by atoms with Crippen LogP contribution < -0.4 is 0 Å². The van der Waals surface area contributed by atoms with Gasteiger partial charge >= 0.3 is 12.1 Å². The maximum absolute atomic E-state index is 12.7. The molecule has 1 N–H and O–H groups in total. The lowest BCUT2D eigenvalue weighted by molar-refractivity contribution is -0.166. The van der Waals surface area contributed by atoms with E-state index in [1.807, 2.05) is 6.92 Å². The number of hydrogen-bond acceptors (Lipinski definition) is 5. The molecule has 0 spiro atoms. The molecule has 6 nitrogen and oxygen atoms in total. The Morgan fingerprint density at radius 2 is 1.58 bits per heavy atom. The first-order chi connectivity index (χ1) is 10.8. The van der Waals surface area contributed by atoms with E-state index in [2.05, 4.69) is 0 Å². The summed E-state index contributed by atoms with van der Waals surface area (Å²) in [6.07, 6.45) is 1.02. The second kappa shape index (κ2) is 7.72. The summed E-state index contributed by atoms with van der Waals surface area (Å²) < 4.78 is 11.0. The number of carbonyl (C=O) groups excluding carboxylic acids is 2. The Morgan fingerprint density at radius 1 is 1.04 bits per heavy atom. The van der Waals surface area contributed by atoms with Gasteiger partial charge in [-0.05, 0) is 54.4 Å². The van der Waals surface area contributed by atoms with Gasteiger partial charge in [-0.15, -0.1) is 0 Å². The fraction of sp³-hybridized carbons (Fsp3) is 0.889. The van der Waals surface area contributed by atoms with Crippen molar-refractivity contribution in [3.8, 4) is 0 Å². The standard InChI is InChI=1S/C18H33NO5/c1-8-9-12-10-13(20)11-14(15(21)23-17(2,3)4)19(12)16(22)24-18(5,6)7/h12-14,20H,8-11H2,1-7H3/t12-,13-,14+/m1/s1. The van der Waals surface area contributed by atoms with Gasteiger partial charge in [0, 0.05) is 12.5 Å². The molecule has 1 aliphatic heterocycles. The van der Waals surface area contributed by atoms with E-state index in [9.17, 15) is 14.7 Å². The van der Waals surface area contributed by atoms with Crippen LogP contribution >= 0.6 is 0 Å². The SMILES string of the molecule is CCC[C@@H]1C[C@@H](O)C[C@@H](C(=O)OC(C)(C)C)N1C(=O)OC(C)(C)C. The number of likely N-dealkylation sites (tertiary alicyclic amines) is 1. The maximum Gasteiger partial charge on any atom is 0.411 e. The Hall–Kier alpha value is -1.30. The van der Waals surface area contributed by atoms with E-state index in [-0.39, 0.29) is 12.5 Å². The molecule has 24 heavy (non-hydrogen) atoms. The highest BCUT2D eigenvalue weighted by molar-refractivity contribution is 5.82. The number of carbonyl (C=O) groups is 2. The molecule has 0 aromatic heterocycles. The summed E-state index contributed by atoms with van der Waals surface area (Å²) in [7, 11) is 0. The van der Waals surface area contributed by atoms with Crippen LogP contribution in [0.25, 0.3) is 0 Å². The van der Waals surface area contributed by atoms with E-state index in [4.69, 9.17) is 9.47 Å². The third-order valence-corrected chi connectivity index (χ3v) is 3.67. The van der Waals surface area contributed by atoms with E-state index < -0.39 is 35.4 Å². The summed E-state index contributed by atoms with van der Waals surface area (Å²) in [6.45, 7) is 12.7. The van der Waals surface area contributed by atoms with Crippen molar-refractivity contribution in [2.75, 3.05) is 0 Å². The van der Waals surface area contributed by atoms with Gasteiger partial charge in [-0.25, -0.2) is 9.59 Å². The molecule has 140 valence electrons. The van der Waals surface area contributed by atoms with Gasteiger partial charge < -0.3 is 14.6 Å². The molecule has 3 atom stereocenters. The minimum Gasteiger partial charge on any atom is -0.458 e. The minimum absolute atomic E-state index is 0.175. The zero-order chi connectivity index (χ0) is 18.7. The quantitative estimate of drug-likeness (QED) is 0.796. The van der Waals surface area contributed by atoms with Crippen molar-refractivity contribution in [2.45, 2.75) is 104 Å². The Bertz CT molecular complexity index is 449. The Balaban J connectivity index is 3.08. The molecule has 1 saturated heterocycles. The number of aliphatic hydroxyl groups is 1. The van der Waals surface area contributed by atoms with Crippen molar-refractivity contribution in [1.82, 2.24) is 4.90 Å². The van der Waals surface area contributed by atoms with E-state index in [0.29, 0.717) is 12.8 Å². The van der Waals surface area contributed by atoms with E-state index in [1.54, 1.807) is 41.5 Å². The first kappa shape index (κ1) is 20.7. The van der Waals surface area contributed by atoms with Crippen molar-refractivity contribution in [3.63, 3.8) is 0 Å². The number of aliphatic hydroxyl groups excluding tert-OH is 1.